The number of nitrogens with zero attached hydrogens (tertiary/aromatic N) is 2. The monoisotopic (exact) mass is 1150 g/mol. The number of benzene rings is 11. The fourth-order valence-electron chi connectivity index (χ4n) is 12.4. The minimum absolute atomic E-state index is 0.0211. The summed E-state index contributed by atoms with van der Waals surface area (Å²) in [6.45, 7) is 15.7. The van der Waals surface area contributed by atoms with Crippen molar-refractivity contribution in [2.45, 2.75) is 79.1 Å². The highest BCUT2D eigenvalue weighted by atomic mass is 19.1. The number of hydrogen-bond acceptors (Lipinski definition) is 8. The van der Waals surface area contributed by atoms with Crippen molar-refractivity contribution in [3.8, 4) is 46.0 Å². The fourth-order valence-corrected chi connectivity index (χ4v) is 12.4. The Morgan fingerprint density at radius 3 is 0.721 bits per heavy atom. The van der Waals surface area contributed by atoms with Crippen molar-refractivity contribution in [1.82, 2.24) is 0 Å². The summed E-state index contributed by atoms with van der Waals surface area (Å²) in [6, 6.07) is 38.5. The van der Waals surface area contributed by atoms with Gasteiger partial charge in [0.1, 0.15) is 69.3 Å². The van der Waals surface area contributed by atoms with E-state index in [0.29, 0.717) is 33.6 Å². The average Bonchev–Trinajstić information content (AvgIpc) is 0.717. The molecule has 0 atom stereocenters. The molecule has 0 aromatic heterocycles. The van der Waals surface area contributed by atoms with Gasteiger partial charge in [-0.1, -0.05) is 116 Å². The van der Waals surface area contributed by atoms with E-state index in [0.717, 1.165) is 34.1 Å². The molecule has 11 aromatic carbocycles. The normalized spacial score (nSPS) is 13.3. The Balaban J connectivity index is 1.27. The number of carbonyl (C=O) groups is 4. The van der Waals surface area contributed by atoms with Crippen LogP contribution >= 0.6 is 0 Å². The Kier molecular flexibility index (Phi) is 13.4. The van der Waals surface area contributed by atoms with Gasteiger partial charge in [0, 0.05) is 67.4 Å². The van der Waals surface area contributed by atoms with E-state index in [1.54, 1.807) is 0 Å². The summed E-state index contributed by atoms with van der Waals surface area (Å²) in [5, 5.41) is 0.836. The zero-order chi connectivity index (χ0) is 60.3. The molecule has 13 rings (SSSR count). The van der Waals surface area contributed by atoms with E-state index in [1.165, 1.54) is 97.1 Å². The second-order valence-corrected chi connectivity index (χ2v) is 23.0. The molecule has 86 heavy (non-hydrogen) atoms. The lowest BCUT2D eigenvalue weighted by atomic mass is 9.80. The van der Waals surface area contributed by atoms with Crippen molar-refractivity contribution < 1.29 is 55.7 Å². The van der Waals surface area contributed by atoms with Gasteiger partial charge in [-0.15, -0.1) is 0 Å². The zero-order valence-electron chi connectivity index (χ0n) is 48.0. The van der Waals surface area contributed by atoms with E-state index in [4.69, 9.17) is 18.9 Å². The van der Waals surface area contributed by atoms with Gasteiger partial charge in [-0.3, -0.25) is 19.2 Å². The number of amides is 4. The molecule has 0 bridgehead atoms. The van der Waals surface area contributed by atoms with Crippen molar-refractivity contribution in [1.29, 1.82) is 0 Å². The first-order valence-corrected chi connectivity index (χ1v) is 28.4. The molecule has 0 saturated carbocycles. The van der Waals surface area contributed by atoms with Crippen molar-refractivity contribution in [3.63, 3.8) is 0 Å². The number of imide groups is 2. The number of anilines is 2. The first kappa shape index (κ1) is 55.1. The molecule has 14 heteroatoms. The molecular formula is C72H54F4N2O8. The lowest BCUT2D eigenvalue weighted by Gasteiger charge is -2.35. The number of carbonyl (C=O) groups excluding carboxylic acids is 4. The van der Waals surface area contributed by atoms with E-state index in [9.17, 15) is 0 Å². The van der Waals surface area contributed by atoms with Crippen molar-refractivity contribution in [3.05, 3.63) is 226 Å². The molecule has 2 aliphatic rings. The summed E-state index contributed by atoms with van der Waals surface area (Å²) >= 11 is 0. The summed E-state index contributed by atoms with van der Waals surface area (Å²) in [5.74, 6) is -6.78. The Bertz CT molecular complexity index is 4150. The van der Waals surface area contributed by atoms with Crippen LogP contribution in [-0.2, 0) is 0 Å². The molecule has 0 unspecified atom stereocenters. The largest absolute Gasteiger partial charge is 0.457 e. The number of hydrogen-bond donors (Lipinski definition) is 0. The van der Waals surface area contributed by atoms with Crippen molar-refractivity contribution in [2.24, 2.45) is 0 Å². The van der Waals surface area contributed by atoms with Gasteiger partial charge < -0.3 is 18.9 Å². The van der Waals surface area contributed by atoms with Gasteiger partial charge in [0.2, 0.25) is 0 Å². The molecule has 10 nitrogen and oxygen atoms in total. The molecule has 2 aliphatic heterocycles. The molecule has 11 aromatic rings. The van der Waals surface area contributed by atoms with E-state index < -0.39 is 46.9 Å². The smallest absolute Gasteiger partial charge is 0.266 e. The number of halogens is 4. The first-order chi connectivity index (χ1) is 41.3. The third-order valence-electron chi connectivity index (χ3n) is 16.1. The lowest BCUT2D eigenvalue weighted by molar-refractivity contribution is 0.0877. The minimum atomic E-state index is -0.736. The Morgan fingerprint density at radius 2 is 0.512 bits per heavy atom. The molecule has 0 N–H and O–H groups in total. The molecule has 0 fully saturated rings. The predicted molar refractivity (Wildman–Crippen MR) is 325 cm³/mol. The molecular weight excluding hydrogens is 1100 g/mol. The number of para-hydroxylation sites is 2. The topological polar surface area (TPSA) is 112 Å². The fraction of sp³-hybridized carbons (Fsp3) is 0.167. The molecule has 0 saturated heterocycles. The van der Waals surface area contributed by atoms with Gasteiger partial charge in [-0.2, -0.15) is 0 Å². The van der Waals surface area contributed by atoms with Crippen LogP contribution in [0.25, 0.3) is 43.1 Å². The molecule has 2 heterocycles. The van der Waals surface area contributed by atoms with E-state index in [1.807, 2.05) is 91.8 Å². The third kappa shape index (κ3) is 8.92. The molecule has 428 valence electrons. The van der Waals surface area contributed by atoms with Crippen molar-refractivity contribution in [2.75, 3.05) is 9.80 Å². The van der Waals surface area contributed by atoms with Crippen LogP contribution in [0.2, 0.25) is 0 Å². The van der Waals surface area contributed by atoms with Crippen LogP contribution in [0.15, 0.2) is 158 Å². The van der Waals surface area contributed by atoms with Crippen LogP contribution in [0.4, 0.5) is 28.9 Å². The van der Waals surface area contributed by atoms with E-state index in [-0.39, 0.29) is 135 Å². The maximum Gasteiger partial charge on any atom is 0.266 e. The number of fused-ring (bicyclic) bond motifs is 2. The number of ether oxygens (including phenoxy) is 4. The van der Waals surface area contributed by atoms with Gasteiger partial charge in [0.05, 0.1) is 33.6 Å². The summed E-state index contributed by atoms with van der Waals surface area (Å²) in [6.07, 6.45) is 0. The van der Waals surface area contributed by atoms with Gasteiger partial charge in [0.25, 0.3) is 23.6 Å². The Hall–Kier alpha value is -10.1. The van der Waals surface area contributed by atoms with Gasteiger partial charge >= 0.3 is 0 Å². The summed E-state index contributed by atoms with van der Waals surface area (Å²) in [4.78, 5) is 66.7. The minimum Gasteiger partial charge on any atom is -0.457 e. The van der Waals surface area contributed by atoms with Gasteiger partial charge in [-0.05, 0) is 119 Å². The van der Waals surface area contributed by atoms with Crippen LogP contribution in [0.1, 0.15) is 143 Å². The Morgan fingerprint density at radius 1 is 0.291 bits per heavy atom. The van der Waals surface area contributed by atoms with Crippen LogP contribution in [0.3, 0.4) is 0 Å². The summed E-state index contributed by atoms with van der Waals surface area (Å²) in [5.41, 5.74) is 3.48. The maximum absolute atomic E-state index is 16.1. The zero-order valence-corrected chi connectivity index (χ0v) is 48.0. The molecule has 4 amide bonds. The third-order valence-corrected chi connectivity index (χ3v) is 16.1. The quantitative estimate of drug-likeness (QED) is 0.0458. The summed E-state index contributed by atoms with van der Waals surface area (Å²) in [7, 11) is 0. The van der Waals surface area contributed by atoms with Gasteiger partial charge in [-0.25, -0.2) is 27.4 Å². The van der Waals surface area contributed by atoms with Gasteiger partial charge in [0.15, 0.2) is 0 Å². The van der Waals surface area contributed by atoms with Crippen LogP contribution < -0.4 is 28.7 Å². The summed E-state index contributed by atoms with van der Waals surface area (Å²) < 4.78 is 89.6. The highest BCUT2D eigenvalue weighted by molar-refractivity contribution is 6.48. The highest BCUT2D eigenvalue weighted by Gasteiger charge is 2.44. The second-order valence-electron chi connectivity index (χ2n) is 23.0. The van der Waals surface area contributed by atoms with Crippen molar-refractivity contribution >= 4 is 78.1 Å². The van der Waals surface area contributed by atoms with Crippen LogP contribution in [-0.4, -0.2) is 23.6 Å². The average molecular weight is 1150 g/mol. The first-order valence-electron chi connectivity index (χ1n) is 28.4. The van der Waals surface area contributed by atoms with Crippen LogP contribution in [0, 0.1) is 23.3 Å². The lowest BCUT2D eigenvalue weighted by Crippen LogP contribution is -2.42. The van der Waals surface area contributed by atoms with Crippen LogP contribution in [0.5, 0.6) is 46.0 Å². The molecule has 0 radical (unpaired) electrons. The molecule has 0 aliphatic carbocycles. The molecule has 0 spiro atoms. The second kappa shape index (κ2) is 20.9. The Labute approximate surface area is 492 Å². The van der Waals surface area contributed by atoms with E-state index in [2.05, 4.69) is 0 Å². The van der Waals surface area contributed by atoms with E-state index >= 15 is 36.7 Å². The number of rotatable bonds is 14. The SMILES string of the molecule is CC(C)c1cccc(C(C)C)c1N1C(=O)c2cc(Oc3cccc(F)c3)c3c4c(Oc5cccc(F)c5)cc5c6c(cc(Oc7cccc(F)c7)c(c7c(Oc8cccc(F)c8)cc(c2c37)C1=O)c64)C(=O)N(c1c(C(C)C)cccc1C(C)C)C5=O. The maximum atomic E-state index is 16.1. The predicted octanol–water partition coefficient (Wildman–Crippen LogP) is 19.6. The highest BCUT2D eigenvalue weighted by Crippen LogP contribution is 2.59. The standard InChI is InChI=1S/C72H54F4N2O8/c1-35(2)47-23-13-24-48(36(3)4)67(47)77-69(79)51-31-55(83-43-19-9-15-39(73)27-43)61-63-57(85-45-21-11-17-41(75)29-45)33-53-60-54(72(82)78(71(53)81)68-49(37(5)6)25-14-26-50(68)38(7)8)34-58(86-46-22-12-18-42(76)30-46)64(66(60)63)62-56(84-44-20-10-16-40(74)28-44)32-52(70(77)80)59(51)65(61)62/h9-38H,1-8H3.